The van der Waals surface area contributed by atoms with Crippen molar-refractivity contribution in [1.82, 2.24) is 0 Å². The maximum atomic E-state index is 12.3. The molecule has 7 heteroatoms. The summed E-state index contributed by atoms with van der Waals surface area (Å²) < 4.78 is 27.8. The van der Waals surface area contributed by atoms with Gasteiger partial charge in [0, 0.05) is 30.6 Å². The van der Waals surface area contributed by atoms with Gasteiger partial charge in [0.1, 0.15) is 6.10 Å². The van der Waals surface area contributed by atoms with Gasteiger partial charge in [-0.2, -0.15) is 0 Å². The van der Waals surface area contributed by atoms with Crippen molar-refractivity contribution in [1.29, 1.82) is 0 Å². The Morgan fingerprint density at radius 3 is 2.57 bits per heavy atom. The SMILES string of the molecule is CCOC(=O)C(C)(CC1CC(c2ccc(C#CC3CC3)cc2)=NO1)S(C)(=O)=O. The number of carbonyl (C=O) groups is 1. The van der Waals surface area contributed by atoms with Gasteiger partial charge >= 0.3 is 5.97 Å². The van der Waals surface area contributed by atoms with Crippen LogP contribution >= 0.6 is 0 Å². The smallest absolute Gasteiger partial charge is 0.327 e. The van der Waals surface area contributed by atoms with Crippen LogP contribution in [-0.4, -0.2) is 43.8 Å². The van der Waals surface area contributed by atoms with Gasteiger partial charge in [-0.05, 0) is 44.4 Å². The van der Waals surface area contributed by atoms with Gasteiger partial charge in [-0.15, -0.1) is 0 Å². The van der Waals surface area contributed by atoms with Crippen molar-refractivity contribution in [2.45, 2.75) is 50.4 Å². The minimum atomic E-state index is -3.69. The number of sulfone groups is 1. The molecule has 0 saturated heterocycles. The first-order chi connectivity index (χ1) is 13.2. The van der Waals surface area contributed by atoms with E-state index in [4.69, 9.17) is 9.57 Å². The molecule has 28 heavy (non-hydrogen) atoms. The first-order valence-corrected chi connectivity index (χ1v) is 11.3. The third-order valence-corrected chi connectivity index (χ3v) is 7.06. The molecule has 1 heterocycles. The monoisotopic (exact) mass is 403 g/mol. The summed E-state index contributed by atoms with van der Waals surface area (Å²) in [4.78, 5) is 17.7. The fourth-order valence-corrected chi connectivity index (χ4v) is 3.82. The normalized spacial score (nSPS) is 21.0. The Hall–Kier alpha value is -2.33. The maximum Gasteiger partial charge on any atom is 0.327 e. The average Bonchev–Trinajstić information content (AvgIpc) is 3.37. The van der Waals surface area contributed by atoms with Crippen LogP contribution in [0.4, 0.5) is 0 Å². The number of esters is 1. The number of oxime groups is 1. The molecule has 3 rings (SSSR count). The molecular formula is C21H25NO5S. The third kappa shape index (κ3) is 4.56. The second-order valence-electron chi connectivity index (χ2n) is 7.52. The lowest BCUT2D eigenvalue weighted by Crippen LogP contribution is -2.47. The molecule has 1 aromatic rings. The Labute approximate surface area is 166 Å². The average molecular weight is 404 g/mol. The zero-order valence-electron chi connectivity index (χ0n) is 16.4. The first-order valence-electron chi connectivity index (χ1n) is 9.44. The van der Waals surface area contributed by atoms with Crippen LogP contribution in [0.25, 0.3) is 0 Å². The Morgan fingerprint density at radius 1 is 1.32 bits per heavy atom. The van der Waals surface area contributed by atoms with E-state index < -0.39 is 26.7 Å². The van der Waals surface area contributed by atoms with Crippen molar-refractivity contribution in [2.24, 2.45) is 11.1 Å². The van der Waals surface area contributed by atoms with E-state index in [0.717, 1.165) is 23.1 Å². The number of rotatable bonds is 6. The Morgan fingerprint density at radius 2 is 2.00 bits per heavy atom. The first kappa shape index (κ1) is 20.4. The molecule has 2 atom stereocenters. The molecule has 150 valence electrons. The van der Waals surface area contributed by atoms with Crippen molar-refractivity contribution in [3.63, 3.8) is 0 Å². The molecule has 0 spiro atoms. The molecule has 1 aliphatic heterocycles. The second-order valence-corrected chi connectivity index (χ2v) is 9.96. The van der Waals surface area contributed by atoms with E-state index in [1.807, 2.05) is 24.3 Å². The minimum absolute atomic E-state index is 0.0113. The van der Waals surface area contributed by atoms with Gasteiger partial charge in [-0.3, -0.25) is 4.79 Å². The molecule has 0 radical (unpaired) electrons. The summed E-state index contributed by atoms with van der Waals surface area (Å²) in [5.74, 6) is 6.19. The molecule has 1 aromatic carbocycles. The third-order valence-electron chi connectivity index (χ3n) is 5.09. The van der Waals surface area contributed by atoms with Crippen molar-refractivity contribution in [2.75, 3.05) is 12.9 Å². The van der Waals surface area contributed by atoms with Crippen LogP contribution in [0.1, 0.15) is 50.7 Å². The van der Waals surface area contributed by atoms with Crippen molar-refractivity contribution < 1.29 is 22.8 Å². The predicted octanol–water partition coefficient (Wildman–Crippen LogP) is 2.70. The van der Waals surface area contributed by atoms with Crippen LogP contribution in [0.3, 0.4) is 0 Å². The quantitative estimate of drug-likeness (QED) is 0.539. The van der Waals surface area contributed by atoms with Crippen molar-refractivity contribution >= 4 is 21.5 Å². The van der Waals surface area contributed by atoms with Gasteiger partial charge in [-0.25, -0.2) is 8.42 Å². The van der Waals surface area contributed by atoms with E-state index in [-0.39, 0.29) is 13.0 Å². The van der Waals surface area contributed by atoms with E-state index >= 15 is 0 Å². The Bertz CT molecular complexity index is 935. The molecule has 6 nitrogen and oxygen atoms in total. The molecule has 1 saturated carbocycles. The molecule has 0 amide bonds. The number of hydrogen-bond acceptors (Lipinski definition) is 6. The van der Waals surface area contributed by atoms with E-state index in [0.29, 0.717) is 12.3 Å². The fraction of sp³-hybridized carbons (Fsp3) is 0.524. The molecule has 2 aliphatic rings. The zero-order chi connectivity index (χ0) is 20.4. The lowest BCUT2D eigenvalue weighted by Gasteiger charge is -2.27. The molecule has 0 bridgehead atoms. The number of nitrogens with zero attached hydrogens (tertiary/aromatic N) is 1. The largest absolute Gasteiger partial charge is 0.465 e. The van der Waals surface area contributed by atoms with E-state index in [1.165, 1.54) is 19.8 Å². The van der Waals surface area contributed by atoms with Crippen LogP contribution < -0.4 is 0 Å². The molecule has 0 aromatic heterocycles. The zero-order valence-corrected chi connectivity index (χ0v) is 17.2. The van der Waals surface area contributed by atoms with Gasteiger partial charge in [0.2, 0.25) is 0 Å². The molecule has 0 N–H and O–H groups in total. The highest BCUT2D eigenvalue weighted by Gasteiger charge is 2.48. The molecular weight excluding hydrogens is 378 g/mol. The van der Waals surface area contributed by atoms with Gasteiger partial charge in [0.05, 0.1) is 12.3 Å². The fourth-order valence-electron chi connectivity index (χ4n) is 2.97. The summed E-state index contributed by atoms with van der Waals surface area (Å²) in [5.41, 5.74) is 2.58. The van der Waals surface area contributed by atoms with Crippen LogP contribution in [0.2, 0.25) is 0 Å². The summed E-state index contributed by atoms with van der Waals surface area (Å²) in [6.07, 6.45) is 3.34. The van der Waals surface area contributed by atoms with Gasteiger partial charge in [0.25, 0.3) is 0 Å². The predicted molar refractivity (Wildman–Crippen MR) is 107 cm³/mol. The minimum Gasteiger partial charge on any atom is -0.465 e. The highest BCUT2D eigenvalue weighted by atomic mass is 32.2. The van der Waals surface area contributed by atoms with Gasteiger partial charge in [0.15, 0.2) is 14.6 Å². The van der Waals surface area contributed by atoms with Crippen LogP contribution in [0.15, 0.2) is 29.4 Å². The summed E-state index contributed by atoms with van der Waals surface area (Å²) in [6, 6.07) is 7.75. The Balaban J connectivity index is 1.66. The summed E-state index contributed by atoms with van der Waals surface area (Å²) in [7, 11) is -3.69. The topological polar surface area (TPSA) is 82.0 Å². The number of hydrogen-bond donors (Lipinski definition) is 0. The summed E-state index contributed by atoms with van der Waals surface area (Å²) in [5, 5.41) is 4.11. The molecule has 1 aliphatic carbocycles. The number of benzene rings is 1. The molecule has 1 fully saturated rings. The summed E-state index contributed by atoms with van der Waals surface area (Å²) in [6.45, 7) is 3.15. The lowest BCUT2D eigenvalue weighted by molar-refractivity contribution is -0.146. The number of ether oxygens (including phenoxy) is 1. The number of carbonyl (C=O) groups excluding carboxylic acids is 1. The maximum absolute atomic E-state index is 12.3. The molecule has 2 unspecified atom stereocenters. The van der Waals surface area contributed by atoms with E-state index in [2.05, 4.69) is 17.0 Å². The van der Waals surface area contributed by atoms with Gasteiger partial charge in [-0.1, -0.05) is 29.1 Å². The van der Waals surface area contributed by atoms with E-state index in [1.54, 1.807) is 6.92 Å². The summed E-state index contributed by atoms with van der Waals surface area (Å²) >= 11 is 0. The Kier molecular flexibility index (Phi) is 5.80. The van der Waals surface area contributed by atoms with Crippen molar-refractivity contribution in [3.05, 3.63) is 35.4 Å². The van der Waals surface area contributed by atoms with Crippen molar-refractivity contribution in [3.8, 4) is 11.8 Å². The van der Waals surface area contributed by atoms with Crippen LogP contribution in [0, 0.1) is 17.8 Å². The standard InChI is InChI=1S/C21H25NO5S/c1-4-26-20(23)21(2,28(3,24)25)14-18-13-19(22-27-18)17-11-9-16(10-12-17)8-7-15-5-6-15/h9-12,15,18H,4-6,13-14H2,1-3H3. The second kappa shape index (κ2) is 7.96. The van der Waals surface area contributed by atoms with Gasteiger partial charge < -0.3 is 9.57 Å². The lowest BCUT2D eigenvalue weighted by atomic mass is 9.97. The highest BCUT2D eigenvalue weighted by Crippen LogP contribution is 2.30. The highest BCUT2D eigenvalue weighted by molar-refractivity contribution is 7.92. The van der Waals surface area contributed by atoms with Crippen LogP contribution in [-0.2, 0) is 24.2 Å². The van der Waals surface area contributed by atoms with Crippen LogP contribution in [0.5, 0.6) is 0 Å². The van der Waals surface area contributed by atoms with E-state index in [9.17, 15) is 13.2 Å².